The molecule has 0 saturated carbocycles. The summed E-state index contributed by atoms with van der Waals surface area (Å²) in [4.78, 5) is 8.79. The Morgan fingerprint density at radius 2 is 2.11 bits per heavy atom. The van der Waals surface area contributed by atoms with Crippen LogP contribution in [0.25, 0.3) is 0 Å². The van der Waals surface area contributed by atoms with E-state index in [2.05, 4.69) is 36.1 Å². The quantitative estimate of drug-likeness (QED) is 0.664. The Morgan fingerprint density at radius 1 is 1.37 bits per heavy atom. The Kier molecular flexibility index (Phi) is 5.19. The molecule has 1 unspecified atom stereocenters. The van der Waals surface area contributed by atoms with Crippen molar-refractivity contribution in [3.8, 4) is 0 Å². The van der Waals surface area contributed by atoms with Gasteiger partial charge in [0.15, 0.2) is 5.16 Å². The fourth-order valence-electron chi connectivity index (χ4n) is 1.82. The molecule has 5 heteroatoms. The highest BCUT2D eigenvalue weighted by Crippen LogP contribution is 2.20. The van der Waals surface area contributed by atoms with Gasteiger partial charge in [0, 0.05) is 42.4 Å². The molecule has 2 heterocycles. The third-order valence-electron chi connectivity index (χ3n) is 2.93. The van der Waals surface area contributed by atoms with Crippen LogP contribution in [-0.4, -0.2) is 34.0 Å². The Morgan fingerprint density at radius 3 is 2.68 bits per heavy atom. The first-order valence-electron chi connectivity index (χ1n) is 6.83. The van der Waals surface area contributed by atoms with Crippen LogP contribution in [-0.2, 0) is 11.3 Å². The second-order valence-electron chi connectivity index (χ2n) is 5.92. The molecule has 4 nitrogen and oxygen atoms in total. The maximum absolute atomic E-state index is 5.59. The second kappa shape index (κ2) is 6.68. The minimum Gasteiger partial charge on any atom is -0.377 e. The number of ether oxygens (including phenoxy) is 1. The SMILES string of the molecule is CC(C)(C)NCc1cnc(SCC2CCCO2)nc1. The van der Waals surface area contributed by atoms with Gasteiger partial charge in [0.25, 0.3) is 0 Å². The summed E-state index contributed by atoms with van der Waals surface area (Å²) >= 11 is 1.68. The molecule has 1 aromatic rings. The summed E-state index contributed by atoms with van der Waals surface area (Å²) in [5, 5.41) is 4.27. The van der Waals surface area contributed by atoms with E-state index < -0.39 is 0 Å². The Labute approximate surface area is 119 Å². The van der Waals surface area contributed by atoms with Crippen LogP contribution in [0.2, 0.25) is 0 Å². The normalized spacial score (nSPS) is 19.8. The summed E-state index contributed by atoms with van der Waals surface area (Å²) in [7, 11) is 0. The summed E-state index contributed by atoms with van der Waals surface area (Å²) in [5.74, 6) is 0.958. The van der Waals surface area contributed by atoms with Crippen molar-refractivity contribution < 1.29 is 4.74 Å². The topological polar surface area (TPSA) is 47.0 Å². The average Bonchev–Trinajstić information content (AvgIpc) is 2.87. The van der Waals surface area contributed by atoms with Gasteiger partial charge in [0.1, 0.15) is 0 Å². The molecule has 19 heavy (non-hydrogen) atoms. The molecule has 0 radical (unpaired) electrons. The zero-order chi connectivity index (χ0) is 13.7. The Bertz CT molecular complexity index is 383. The van der Waals surface area contributed by atoms with Crippen LogP contribution in [0.1, 0.15) is 39.2 Å². The van der Waals surface area contributed by atoms with Gasteiger partial charge in [0.2, 0.25) is 0 Å². The maximum atomic E-state index is 5.59. The van der Waals surface area contributed by atoms with Gasteiger partial charge in [-0.1, -0.05) is 11.8 Å². The van der Waals surface area contributed by atoms with Gasteiger partial charge >= 0.3 is 0 Å². The molecule has 1 N–H and O–H groups in total. The van der Waals surface area contributed by atoms with Crippen molar-refractivity contribution >= 4 is 11.8 Å². The lowest BCUT2D eigenvalue weighted by Crippen LogP contribution is -2.35. The molecule has 0 aromatic carbocycles. The number of rotatable bonds is 5. The first-order valence-corrected chi connectivity index (χ1v) is 7.82. The summed E-state index contributed by atoms with van der Waals surface area (Å²) in [6.07, 6.45) is 6.55. The monoisotopic (exact) mass is 281 g/mol. The van der Waals surface area contributed by atoms with E-state index in [0.29, 0.717) is 6.10 Å². The van der Waals surface area contributed by atoms with Crippen molar-refractivity contribution in [2.24, 2.45) is 0 Å². The highest BCUT2D eigenvalue weighted by atomic mass is 32.2. The van der Waals surface area contributed by atoms with Crippen molar-refractivity contribution in [1.29, 1.82) is 0 Å². The smallest absolute Gasteiger partial charge is 0.187 e. The van der Waals surface area contributed by atoms with Gasteiger partial charge in [0.05, 0.1) is 6.10 Å². The minimum atomic E-state index is 0.118. The van der Waals surface area contributed by atoms with Crippen LogP contribution in [0.3, 0.4) is 0 Å². The molecule has 0 amide bonds. The molecule has 106 valence electrons. The number of aromatic nitrogens is 2. The largest absolute Gasteiger partial charge is 0.377 e. The molecule has 1 aromatic heterocycles. The van der Waals surface area contributed by atoms with E-state index >= 15 is 0 Å². The molecule has 1 saturated heterocycles. The zero-order valence-electron chi connectivity index (χ0n) is 12.0. The van der Waals surface area contributed by atoms with Crippen LogP contribution in [0, 0.1) is 0 Å². The van der Waals surface area contributed by atoms with E-state index in [1.807, 2.05) is 12.4 Å². The lowest BCUT2D eigenvalue weighted by atomic mass is 10.1. The van der Waals surface area contributed by atoms with Gasteiger partial charge in [-0.05, 0) is 33.6 Å². The lowest BCUT2D eigenvalue weighted by molar-refractivity contribution is 0.129. The second-order valence-corrected chi connectivity index (χ2v) is 6.91. The Balaban J connectivity index is 1.77. The van der Waals surface area contributed by atoms with E-state index in [9.17, 15) is 0 Å². The third-order valence-corrected chi connectivity index (χ3v) is 3.93. The first kappa shape index (κ1) is 14.8. The van der Waals surface area contributed by atoms with E-state index in [4.69, 9.17) is 4.74 Å². The van der Waals surface area contributed by atoms with Crippen molar-refractivity contribution in [2.45, 2.75) is 57.0 Å². The molecule has 1 fully saturated rings. The molecular weight excluding hydrogens is 258 g/mol. The van der Waals surface area contributed by atoms with Crippen LogP contribution >= 0.6 is 11.8 Å². The average molecular weight is 281 g/mol. The zero-order valence-corrected chi connectivity index (χ0v) is 12.8. The first-order chi connectivity index (χ1) is 9.03. The van der Waals surface area contributed by atoms with Crippen molar-refractivity contribution in [1.82, 2.24) is 15.3 Å². The minimum absolute atomic E-state index is 0.118. The highest BCUT2D eigenvalue weighted by Gasteiger charge is 2.16. The number of hydrogen-bond donors (Lipinski definition) is 1. The van der Waals surface area contributed by atoms with Crippen molar-refractivity contribution in [3.05, 3.63) is 18.0 Å². The summed E-state index contributed by atoms with van der Waals surface area (Å²) in [5.41, 5.74) is 1.24. The van der Waals surface area contributed by atoms with Gasteiger partial charge in [-0.15, -0.1) is 0 Å². The summed E-state index contributed by atoms with van der Waals surface area (Å²) in [6, 6.07) is 0. The van der Waals surface area contributed by atoms with E-state index in [1.165, 1.54) is 12.8 Å². The van der Waals surface area contributed by atoms with Crippen LogP contribution in [0.5, 0.6) is 0 Å². The summed E-state index contributed by atoms with van der Waals surface area (Å²) in [6.45, 7) is 8.17. The molecule has 0 aliphatic carbocycles. The molecule has 0 spiro atoms. The maximum Gasteiger partial charge on any atom is 0.187 e. The Hall–Kier alpha value is -0.650. The fraction of sp³-hybridized carbons (Fsp3) is 0.714. The molecule has 1 aliphatic rings. The van der Waals surface area contributed by atoms with E-state index in [1.54, 1.807) is 11.8 Å². The standard InChI is InChI=1S/C14H23N3OS/c1-14(2,3)17-9-11-7-15-13(16-8-11)19-10-12-5-4-6-18-12/h7-8,12,17H,4-6,9-10H2,1-3H3. The lowest BCUT2D eigenvalue weighted by Gasteiger charge is -2.20. The highest BCUT2D eigenvalue weighted by molar-refractivity contribution is 7.99. The van der Waals surface area contributed by atoms with Crippen molar-refractivity contribution in [2.75, 3.05) is 12.4 Å². The third kappa shape index (κ3) is 5.47. The predicted octanol–water partition coefficient (Wildman–Crippen LogP) is 2.64. The molecule has 2 rings (SSSR count). The van der Waals surface area contributed by atoms with Crippen LogP contribution in [0.4, 0.5) is 0 Å². The molecule has 1 aliphatic heterocycles. The summed E-state index contributed by atoms with van der Waals surface area (Å²) < 4.78 is 5.59. The van der Waals surface area contributed by atoms with Gasteiger partial charge in [-0.3, -0.25) is 0 Å². The molecule has 0 bridgehead atoms. The molecule has 1 atom stereocenters. The molecular formula is C14H23N3OS. The van der Waals surface area contributed by atoms with Gasteiger partial charge in [-0.25, -0.2) is 9.97 Å². The van der Waals surface area contributed by atoms with Gasteiger partial charge < -0.3 is 10.1 Å². The number of nitrogens with zero attached hydrogens (tertiary/aromatic N) is 2. The van der Waals surface area contributed by atoms with Crippen LogP contribution < -0.4 is 5.32 Å². The van der Waals surface area contributed by atoms with E-state index in [0.717, 1.165) is 29.6 Å². The number of hydrogen-bond acceptors (Lipinski definition) is 5. The predicted molar refractivity (Wildman–Crippen MR) is 78.3 cm³/mol. The number of nitrogens with one attached hydrogen (secondary N) is 1. The van der Waals surface area contributed by atoms with Crippen molar-refractivity contribution in [3.63, 3.8) is 0 Å². The number of thioether (sulfide) groups is 1. The van der Waals surface area contributed by atoms with E-state index in [-0.39, 0.29) is 5.54 Å². The van der Waals surface area contributed by atoms with Crippen LogP contribution in [0.15, 0.2) is 17.6 Å². The van der Waals surface area contributed by atoms with Gasteiger partial charge in [-0.2, -0.15) is 0 Å². The fourth-order valence-corrected chi connectivity index (χ4v) is 2.67.